The van der Waals surface area contributed by atoms with Crippen molar-refractivity contribution < 1.29 is 14.7 Å². The number of halogens is 1. The maximum Gasteiger partial charge on any atom is 0.287 e. The molecule has 0 radical (unpaired) electrons. The van der Waals surface area contributed by atoms with Crippen molar-refractivity contribution in [2.24, 2.45) is 0 Å². The van der Waals surface area contributed by atoms with E-state index in [1.807, 2.05) is 0 Å². The second kappa shape index (κ2) is 5.35. The Morgan fingerprint density at radius 2 is 1.95 bits per heavy atom. The van der Waals surface area contributed by atoms with E-state index in [0.717, 1.165) is 0 Å². The van der Waals surface area contributed by atoms with Crippen LogP contribution in [0.4, 0.5) is 0 Å². The third-order valence-electron chi connectivity index (χ3n) is 3.23. The molecule has 0 spiro atoms. The average molecular weight is 320 g/mol. The first kappa shape index (κ1) is 13.9. The molecule has 1 aliphatic heterocycles. The molecule has 0 aliphatic carbocycles. The first-order valence-electron chi connectivity index (χ1n) is 6.15. The van der Waals surface area contributed by atoms with Crippen LogP contribution in [0.2, 0.25) is 5.02 Å². The van der Waals surface area contributed by atoms with Gasteiger partial charge in [0.05, 0.1) is 16.5 Å². The summed E-state index contributed by atoms with van der Waals surface area (Å²) in [5, 5.41) is 14.9. The van der Waals surface area contributed by atoms with Gasteiger partial charge in [-0.3, -0.25) is 9.59 Å². The minimum atomic E-state index is -0.663. The van der Waals surface area contributed by atoms with Gasteiger partial charge < -0.3 is 10.4 Å². The van der Waals surface area contributed by atoms with Crippen molar-refractivity contribution in [3.63, 3.8) is 0 Å². The normalized spacial score (nSPS) is 18.0. The molecule has 21 heavy (non-hydrogen) atoms. The summed E-state index contributed by atoms with van der Waals surface area (Å²) in [6.45, 7) is 0. The fraction of sp³-hybridized carbons (Fsp3) is 0.0667. The van der Waals surface area contributed by atoms with Crippen molar-refractivity contribution in [2.45, 2.75) is 6.04 Å². The third kappa shape index (κ3) is 2.46. The van der Waals surface area contributed by atoms with Gasteiger partial charge in [-0.05, 0) is 29.1 Å². The van der Waals surface area contributed by atoms with Crippen LogP contribution in [0.1, 0.15) is 21.3 Å². The molecule has 1 unspecified atom stereocenters. The summed E-state index contributed by atoms with van der Waals surface area (Å²) in [7, 11) is 0. The molecule has 2 N–H and O–H groups in total. The number of carbonyl (C=O) groups excluding carboxylic acids is 2. The van der Waals surface area contributed by atoms with E-state index < -0.39 is 17.7 Å². The summed E-state index contributed by atoms with van der Waals surface area (Å²) in [5.41, 5.74) is 0.765. The number of carbonyl (C=O) groups is 2. The molecule has 106 valence electrons. The molecule has 4 nitrogen and oxygen atoms in total. The van der Waals surface area contributed by atoms with Crippen LogP contribution in [-0.2, 0) is 4.79 Å². The summed E-state index contributed by atoms with van der Waals surface area (Å²) < 4.78 is 0. The average Bonchev–Trinajstić information content (AvgIpc) is 3.09. The Kier molecular flexibility index (Phi) is 3.53. The van der Waals surface area contributed by atoms with Crippen LogP contribution < -0.4 is 5.32 Å². The van der Waals surface area contributed by atoms with Gasteiger partial charge in [0.1, 0.15) is 0 Å². The van der Waals surface area contributed by atoms with Gasteiger partial charge in [-0.25, -0.2) is 0 Å². The molecule has 1 atom stereocenters. The Balaban J connectivity index is 2.03. The monoisotopic (exact) mass is 319 g/mol. The number of amides is 1. The number of thiophene rings is 1. The fourth-order valence-corrected chi connectivity index (χ4v) is 3.02. The Hall–Kier alpha value is -2.11. The molecule has 0 saturated carbocycles. The van der Waals surface area contributed by atoms with E-state index in [1.165, 1.54) is 11.3 Å². The molecule has 1 aromatic carbocycles. The molecule has 0 bridgehead atoms. The molecule has 3 rings (SSSR count). The van der Waals surface area contributed by atoms with E-state index in [4.69, 9.17) is 11.6 Å². The zero-order valence-electron chi connectivity index (χ0n) is 10.7. The molecule has 0 fully saturated rings. The number of benzene rings is 1. The maximum atomic E-state index is 12.5. The lowest BCUT2D eigenvalue weighted by atomic mass is 9.96. The highest BCUT2D eigenvalue weighted by Gasteiger charge is 2.37. The quantitative estimate of drug-likeness (QED) is 0.853. The molecule has 1 aliphatic rings. The van der Waals surface area contributed by atoms with E-state index >= 15 is 0 Å². The van der Waals surface area contributed by atoms with Gasteiger partial charge in [-0.15, -0.1) is 11.3 Å². The van der Waals surface area contributed by atoms with Gasteiger partial charge in [0.15, 0.2) is 5.76 Å². The number of aliphatic hydroxyl groups is 1. The number of ketones is 1. The third-order valence-corrected chi connectivity index (χ3v) is 4.35. The Bertz CT molecular complexity index is 735. The summed E-state index contributed by atoms with van der Waals surface area (Å²) in [5.74, 6) is -1.51. The molecular weight excluding hydrogens is 310 g/mol. The number of nitrogens with one attached hydrogen (secondary N) is 1. The number of hydrogen-bond donors (Lipinski definition) is 2. The van der Waals surface area contributed by atoms with Crippen molar-refractivity contribution in [3.05, 3.63) is 68.6 Å². The van der Waals surface area contributed by atoms with Gasteiger partial charge in [-0.1, -0.05) is 29.8 Å². The first-order chi connectivity index (χ1) is 10.1. The van der Waals surface area contributed by atoms with E-state index in [-0.39, 0.29) is 11.4 Å². The second-order valence-corrected chi connectivity index (χ2v) is 5.91. The number of rotatable bonds is 3. The van der Waals surface area contributed by atoms with E-state index in [1.54, 1.807) is 41.8 Å². The predicted octanol–water partition coefficient (Wildman–Crippen LogP) is 3.27. The SMILES string of the molecule is O=C1NC(c2ccc(Cl)cc2)C(C(=O)c2cccs2)=C1O. The molecular formula is C15H10ClNO3S. The van der Waals surface area contributed by atoms with Gasteiger partial charge in [0.25, 0.3) is 5.91 Å². The van der Waals surface area contributed by atoms with Crippen molar-refractivity contribution in [3.8, 4) is 0 Å². The lowest BCUT2D eigenvalue weighted by Gasteiger charge is -2.14. The lowest BCUT2D eigenvalue weighted by molar-refractivity contribution is -0.119. The highest BCUT2D eigenvalue weighted by atomic mass is 35.5. The van der Waals surface area contributed by atoms with Crippen LogP contribution >= 0.6 is 22.9 Å². The molecule has 2 heterocycles. The van der Waals surface area contributed by atoms with Crippen molar-refractivity contribution in [1.82, 2.24) is 5.32 Å². The highest BCUT2D eigenvalue weighted by molar-refractivity contribution is 7.12. The van der Waals surface area contributed by atoms with E-state index in [0.29, 0.717) is 15.5 Å². The van der Waals surface area contributed by atoms with Gasteiger partial charge in [0.2, 0.25) is 5.78 Å². The maximum absolute atomic E-state index is 12.5. The summed E-state index contributed by atoms with van der Waals surface area (Å²) in [4.78, 5) is 24.7. The van der Waals surface area contributed by atoms with Crippen molar-refractivity contribution >= 4 is 34.6 Å². The molecule has 1 amide bonds. The first-order valence-corrected chi connectivity index (χ1v) is 7.41. The summed E-state index contributed by atoms with van der Waals surface area (Å²) in [6.07, 6.45) is 0. The van der Waals surface area contributed by atoms with Gasteiger partial charge in [-0.2, -0.15) is 0 Å². The standard InChI is InChI=1S/C15H10ClNO3S/c16-9-5-3-8(4-6-9)12-11(14(19)15(20)17-12)13(18)10-2-1-7-21-10/h1-7,12,19H,(H,17,20). The van der Waals surface area contributed by atoms with Crippen molar-refractivity contribution in [2.75, 3.05) is 0 Å². The zero-order chi connectivity index (χ0) is 15.0. The molecule has 0 saturated heterocycles. The minimum absolute atomic E-state index is 0.0739. The Morgan fingerprint density at radius 3 is 2.57 bits per heavy atom. The zero-order valence-corrected chi connectivity index (χ0v) is 12.2. The number of hydrogen-bond acceptors (Lipinski definition) is 4. The van der Waals surface area contributed by atoms with E-state index in [2.05, 4.69) is 5.32 Å². The topological polar surface area (TPSA) is 66.4 Å². The predicted molar refractivity (Wildman–Crippen MR) is 80.6 cm³/mol. The molecule has 6 heteroatoms. The van der Waals surface area contributed by atoms with Crippen molar-refractivity contribution in [1.29, 1.82) is 0 Å². The number of aliphatic hydroxyl groups excluding tert-OH is 1. The molecule has 2 aromatic rings. The van der Waals surface area contributed by atoms with Crippen LogP contribution in [0.25, 0.3) is 0 Å². The Morgan fingerprint density at radius 1 is 1.24 bits per heavy atom. The van der Waals surface area contributed by atoms with Crippen LogP contribution in [0.3, 0.4) is 0 Å². The molecule has 1 aromatic heterocycles. The lowest BCUT2D eigenvalue weighted by Crippen LogP contribution is -2.23. The van der Waals surface area contributed by atoms with E-state index in [9.17, 15) is 14.7 Å². The summed E-state index contributed by atoms with van der Waals surface area (Å²) in [6, 6.07) is 9.52. The van der Waals surface area contributed by atoms with Crippen LogP contribution in [-0.4, -0.2) is 16.8 Å². The van der Waals surface area contributed by atoms with Crippen LogP contribution in [0.5, 0.6) is 0 Å². The summed E-state index contributed by atoms with van der Waals surface area (Å²) >= 11 is 7.11. The van der Waals surface area contributed by atoms with Crippen LogP contribution in [0.15, 0.2) is 53.1 Å². The van der Waals surface area contributed by atoms with Crippen LogP contribution in [0, 0.1) is 0 Å². The van der Waals surface area contributed by atoms with Gasteiger partial charge in [0, 0.05) is 5.02 Å². The second-order valence-electron chi connectivity index (χ2n) is 4.53. The number of Topliss-reactive ketones (excluding diaryl/α,β-unsaturated/α-hetero) is 1. The van der Waals surface area contributed by atoms with Gasteiger partial charge >= 0.3 is 0 Å². The largest absolute Gasteiger partial charge is 0.503 e. The smallest absolute Gasteiger partial charge is 0.287 e. The highest BCUT2D eigenvalue weighted by Crippen LogP contribution is 2.33. The fourth-order valence-electron chi connectivity index (χ4n) is 2.22. The minimum Gasteiger partial charge on any atom is -0.503 e. The Labute approximate surface area is 129 Å².